The Bertz CT molecular complexity index is 2020. The van der Waals surface area contributed by atoms with Gasteiger partial charge in [-0.3, -0.25) is 0 Å². The number of thioether (sulfide) groups is 1. The molecule has 0 N–H and O–H groups in total. The number of benzene rings is 4. The van der Waals surface area contributed by atoms with Crippen molar-refractivity contribution < 1.29 is 0 Å². The highest BCUT2D eigenvalue weighted by molar-refractivity contribution is 8.00. The highest BCUT2D eigenvalue weighted by Gasteiger charge is 2.32. The fourth-order valence-electron chi connectivity index (χ4n) is 6.23. The van der Waals surface area contributed by atoms with E-state index in [9.17, 15) is 0 Å². The lowest BCUT2D eigenvalue weighted by Crippen LogP contribution is -2.06. The number of hydrogen-bond acceptors (Lipinski definition) is 2. The fourth-order valence-corrected chi connectivity index (χ4v) is 8.70. The van der Waals surface area contributed by atoms with Gasteiger partial charge in [-0.05, 0) is 35.9 Å². The first kappa shape index (κ1) is 17.2. The second kappa shape index (κ2) is 5.80. The van der Waals surface area contributed by atoms with Crippen molar-refractivity contribution in [3.8, 4) is 0 Å². The highest BCUT2D eigenvalue weighted by Crippen LogP contribution is 2.51. The van der Waals surface area contributed by atoms with E-state index in [4.69, 9.17) is 0 Å². The lowest BCUT2D eigenvalue weighted by Gasteiger charge is -2.14. The molecule has 9 rings (SSSR count). The number of rotatable bonds is 0. The third kappa shape index (κ3) is 2.02. The Labute approximate surface area is 197 Å². The average Bonchev–Trinajstić information content (AvgIpc) is 3.57. The number of thiophene rings is 1. The van der Waals surface area contributed by atoms with E-state index in [-0.39, 0.29) is 0 Å². The van der Waals surface area contributed by atoms with Crippen molar-refractivity contribution >= 4 is 81.4 Å². The van der Waals surface area contributed by atoms with Gasteiger partial charge < -0.3 is 4.40 Å². The van der Waals surface area contributed by atoms with Crippen LogP contribution in [0.4, 0.5) is 0 Å². The molecule has 0 fully saturated rings. The molecule has 0 amide bonds. The van der Waals surface area contributed by atoms with Gasteiger partial charge in [0.15, 0.2) is 0 Å². The quantitative estimate of drug-likeness (QED) is 0.221. The normalized spacial score (nSPS) is 19.8. The van der Waals surface area contributed by atoms with E-state index in [2.05, 4.69) is 95.4 Å². The summed E-state index contributed by atoms with van der Waals surface area (Å²) in [5.74, 6) is 0.495. The van der Waals surface area contributed by atoms with Crippen LogP contribution in [0.1, 0.15) is 11.5 Å². The van der Waals surface area contributed by atoms with Gasteiger partial charge in [0, 0.05) is 57.8 Å². The average molecular weight is 456 g/mol. The zero-order valence-electron chi connectivity index (χ0n) is 17.6. The first-order chi connectivity index (χ1) is 16.3. The first-order valence-electron chi connectivity index (χ1n) is 11.4. The van der Waals surface area contributed by atoms with E-state index >= 15 is 0 Å². The summed E-state index contributed by atoms with van der Waals surface area (Å²) < 4.78 is 5.27. The third-order valence-corrected chi connectivity index (χ3v) is 10.1. The zero-order valence-corrected chi connectivity index (χ0v) is 19.2. The summed E-state index contributed by atoms with van der Waals surface area (Å²) >= 11 is 3.92. The molecule has 0 radical (unpaired) electrons. The minimum Gasteiger partial charge on any atom is -0.308 e. The number of para-hydroxylation sites is 1. The highest BCUT2D eigenvalue weighted by atomic mass is 32.2. The van der Waals surface area contributed by atoms with Gasteiger partial charge in [-0.25, -0.2) is 0 Å². The maximum absolute atomic E-state index is 2.54. The molecule has 33 heavy (non-hydrogen) atoms. The summed E-state index contributed by atoms with van der Waals surface area (Å²) in [7, 11) is 0. The Morgan fingerprint density at radius 1 is 0.636 bits per heavy atom. The molecule has 3 heteroatoms. The summed E-state index contributed by atoms with van der Waals surface area (Å²) in [6.45, 7) is 0. The van der Waals surface area contributed by atoms with Gasteiger partial charge in [0.2, 0.25) is 0 Å². The maximum atomic E-state index is 2.54. The van der Waals surface area contributed by atoms with Crippen molar-refractivity contribution in [3.63, 3.8) is 0 Å². The minimum absolute atomic E-state index is 0.495. The van der Waals surface area contributed by atoms with Crippen molar-refractivity contribution in [1.29, 1.82) is 0 Å². The Hall–Kier alpha value is -3.27. The number of fused-ring (bicyclic) bond motifs is 12. The van der Waals surface area contributed by atoms with Crippen LogP contribution in [0, 0.1) is 0 Å². The molecule has 2 unspecified atom stereocenters. The molecule has 0 saturated heterocycles. The molecule has 2 aliphatic rings. The number of nitrogens with zero attached hydrogens (tertiary/aromatic N) is 1. The lowest BCUT2D eigenvalue weighted by atomic mass is 9.91. The van der Waals surface area contributed by atoms with Crippen LogP contribution < -0.4 is 0 Å². The van der Waals surface area contributed by atoms with Crippen molar-refractivity contribution in [2.45, 2.75) is 16.1 Å². The van der Waals surface area contributed by atoms with Crippen molar-refractivity contribution in [2.24, 2.45) is 0 Å². The minimum atomic E-state index is 0.495. The topological polar surface area (TPSA) is 4.41 Å². The van der Waals surface area contributed by atoms with E-state index in [0.29, 0.717) is 11.2 Å². The second-order valence-corrected chi connectivity index (χ2v) is 11.6. The Morgan fingerprint density at radius 3 is 2.36 bits per heavy atom. The molecule has 0 saturated carbocycles. The second-order valence-electron chi connectivity index (χ2n) is 9.29. The summed E-state index contributed by atoms with van der Waals surface area (Å²) in [6, 6.07) is 25.5. The van der Waals surface area contributed by atoms with E-state index in [0.717, 1.165) is 0 Å². The predicted octanol–water partition coefficient (Wildman–Crippen LogP) is 8.89. The van der Waals surface area contributed by atoms with Crippen LogP contribution in [0.25, 0.3) is 58.3 Å². The SMILES string of the molecule is C1=CC2Sc3cc4c(cc3C2C=C1)c1cccc2c3cc5c(cc3n4c12)sc1ccccc15. The van der Waals surface area contributed by atoms with Crippen molar-refractivity contribution in [3.05, 3.63) is 96.6 Å². The molecule has 0 bridgehead atoms. The van der Waals surface area contributed by atoms with E-state index in [1.165, 1.54) is 68.7 Å². The molecule has 154 valence electrons. The molecule has 4 aromatic carbocycles. The van der Waals surface area contributed by atoms with Gasteiger partial charge in [0.05, 0.1) is 16.6 Å². The summed E-state index contributed by atoms with van der Waals surface area (Å²) in [6.07, 6.45) is 9.13. The van der Waals surface area contributed by atoms with E-state index in [1.807, 2.05) is 23.1 Å². The van der Waals surface area contributed by atoms with Crippen LogP contribution in [0.15, 0.2) is 95.9 Å². The Morgan fingerprint density at radius 2 is 1.42 bits per heavy atom. The molecule has 1 aliphatic heterocycles. The van der Waals surface area contributed by atoms with Gasteiger partial charge in [0.25, 0.3) is 0 Å². The number of allylic oxidation sites excluding steroid dienone is 3. The van der Waals surface area contributed by atoms with Gasteiger partial charge in [-0.15, -0.1) is 23.1 Å². The van der Waals surface area contributed by atoms with Crippen LogP contribution in [0.3, 0.4) is 0 Å². The molecule has 0 spiro atoms. The Balaban J connectivity index is 1.46. The molecule has 3 aromatic heterocycles. The third-order valence-electron chi connectivity index (χ3n) is 7.65. The van der Waals surface area contributed by atoms with E-state index in [1.54, 1.807) is 0 Å². The van der Waals surface area contributed by atoms with Crippen molar-refractivity contribution in [2.75, 3.05) is 0 Å². The van der Waals surface area contributed by atoms with Crippen LogP contribution in [0.5, 0.6) is 0 Å². The predicted molar refractivity (Wildman–Crippen MR) is 145 cm³/mol. The first-order valence-corrected chi connectivity index (χ1v) is 13.1. The molecular weight excluding hydrogens is 438 g/mol. The van der Waals surface area contributed by atoms with Gasteiger partial charge in [0.1, 0.15) is 0 Å². The monoisotopic (exact) mass is 455 g/mol. The van der Waals surface area contributed by atoms with Crippen LogP contribution >= 0.6 is 23.1 Å². The zero-order chi connectivity index (χ0) is 21.3. The van der Waals surface area contributed by atoms with Gasteiger partial charge >= 0.3 is 0 Å². The molecule has 4 heterocycles. The van der Waals surface area contributed by atoms with Crippen LogP contribution in [-0.2, 0) is 0 Å². The molecular formula is C30H17NS2. The fraction of sp³-hybridized carbons (Fsp3) is 0.0667. The number of hydrogen-bond donors (Lipinski definition) is 0. The smallest absolute Gasteiger partial charge is 0.0620 e. The number of aromatic nitrogens is 1. The summed E-state index contributed by atoms with van der Waals surface area (Å²) in [5.41, 5.74) is 5.53. The molecule has 7 aromatic rings. The standard InChI is InChI=1S/C30H17NS2/c1-3-10-26-16(6-1)22-12-20-18-8-5-9-19-21-13-23-17-7-2-4-11-27(17)33-29(23)15-25(21)31(30(18)19)24(20)14-28(22)32-26/h1-16,26H. The Kier molecular flexibility index (Phi) is 3.03. The van der Waals surface area contributed by atoms with Gasteiger partial charge in [-0.1, -0.05) is 60.7 Å². The summed E-state index contributed by atoms with van der Waals surface area (Å²) in [4.78, 5) is 1.44. The summed E-state index contributed by atoms with van der Waals surface area (Å²) in [5, 5.41) is 8.76. The molecule has 1 nitrogen and oxygen atoms in total. The van der Waals surface area contributed by atoms with Gasteiger partial charge in [-0.2, -0.15) is 0 Å². The maximum Gasteiger partial charge on any atom is 0.0620 e. The van der Waals surface area contributed by atoms with Crippen molar-refractivity contribution in [1.82, 2.24) is 4.40 Å². The largest absolute Gasteiger partial charge is 0.308 e. The van der Waals surface area contributed by atoms with Crippen LogP contribution in [0.2, 0.25) is 0 Å². The lowest BCUT2D eigenvalue weighted by molar-refractivity contribution is 0.883. The molecule has 1 aliphatic carbocycles. The van der Waals surface area contributed by atoms with E-state index < -0.39 is 0 Å². The molecule has 2 atom stereocenters. The van der Waals surface area contributed by atoms with Crippen LogP contribution in [-0.4, -0.2) is 9.65 Å².